The molecule has 1 fully saturated rings. The maximum Gasteiger partial charge on any atom is 0.416 e. The molecule has 0 aliphatic carbocycles. The van der Waals surface area contributed by atoms with Crippen LogP contribution >= 0.6 is 11.6 Å². The van der Waals surface area contributed by atoms with Crippen molar-refractivity contribution in [2.45, 2.75) is 39.4 Å². The van der Waals surface area contributed by atoms with E-state index in [1.54, 1.807) is 56.5 Å². The predicted molar refractivity (Wildman–Crippen MR) is 136 cm³/mol. The van der Waals surface area contributed by atoms with Crippen LogP contribution in [0.3, 0.4) is 0 Å². The van der Waals surface area contributed by atoms with Crippen molar-refractivity contribution in [3.05, 3.63) is 53.2 Å². The molecule has 33 heavy (non-hydrogen) atoms. The topological polar surface area (TPSA) is 61.9 Å². The van der Waals surface area contributed by atoms with E-state index in [4.69, 9.17) is 17.3 Å². The molecule has 0 bridgehead atoms. The third-order valence-corrected chi connectivity index (χ3v) is 6.89. The average Bonchev–Trinajstić information content (AvgIpc) is 2.66. The van der Waals surface area contributed by atoms with E-state index in [9.17, 15) is 17.4 Å². The zero-order valence-electron chi connectivity index (χ0n) is 19.9. The SMILES string of the molecule is C=C(/C(=C\N=C(C)C)C(C)(C)N1CCN(S(=C)(C)=O)CC1)C(F)(F)F.Nc1cccc(Cl)c1. The van der Waals surface area contributed by atoms with Gasteiger partial charge in [-0.15, -0.1) is 0 Å². The Hall–Kier alpha value is -1.81. The van der Waals surface area contributed by atoms with E-state index in [0.29, 0.717) is 42.6 Å². The number of hydrogen-bond acceptors (Lipinski definition) is 4. The molecule has 1 heterocycles. The van der Waals surface area contributed by atoms with Crippen LogP contribution in [-0.2, 0) is 9.71 Å². The second kappa shape index (κ2) is 11.6. The second-order valence-corrected chi connectivity index (χ2v) is 11.5. The fourth-order valence-electron chi connectivity index (χ4n) is 3.26. The number of aliphatic imine (C=N–C) groups is 1. The first-order chi connectivity index (χ1) is 15.0. The van der Waals surface area contributed by atoms with Crippen LogP contribution in [0.15, 0.2) is 53.2 Å². The fourth-order valence-corrected chi connectivity index (χ4v) is 4.40. The third kappa shape index (κ3) is 9.16. The first kappa shape index (κ1) is 29.2. The summed E-state index contributed by atoms with van der Waals surface area (Å²) in [4.78, 5) is 6.02. The molecule has 5 nitrogen and oxygen atoms in total. The van der Waals surface area contributed by atoms with Crippen molar-refractivity contribution >= 4 is 38.6 Å². The lowest BCUT2D eigenvalue weighted by atomic mass is 9.86. The zero-order valence-corrected chi connectivity index (χ0v) is 21.4. The van der Waals surface area contributed by atoms with E-state index in [2.05, 4.69) is 17.4 Å². The van der Waals surface area contributed by atoms with Crippen molar-refractivity contribution < 1.29 is 17.4 Å². The van der Waals surface area contributed by atoms with Gasteiger partial charge in [-0.1, -0.05) is 24.2 Å². The number of rotatable bonds is 5. The molecule has 0 amide bonds. The van der Waals surface area contributed by atoms with E-state index in [1.165, 1.54) is 6.20 Å². The lowest BCUT2D eigenvalue weighted by Gasteiger charge is -2.45. The standard InChI is InChI=1S/C17H28F3N3OS.C6H6ClN/c1-13(2)21-12-15(14(3)17(18,19)20)16(4,5)22-8-10-23(11-9-22)25(6,7)24;7-5-2-1-3-6(8)4-5/h12H,3,6,8-11H2,1-2,4-5,7H3;1-4H,8H2/b15-12+;. The number of alkyl halides is 3. The summed E-state index contributed by atoms with van der Waals surface area (Å²) in [6, 6.07) is 7.11. The van der Waals surface area contributed by atoms with Gasteiger partial charge in [-0.3, -0.25) is 14.1 Å². The maximum absolute atomic E-state index is 13.3. The highest BCUT2D eigenvalue weighted by atomic mass is 35.5. The highest BCUT2D eigenvalue weighted by molar-refractivity contribution is 7.97. The molecule has 2 rings (SSSR count). The lowest BCUT2D eigenvalue weighted by molar-refractivity contribution is -0.0911. The summed E-state index contributed by atoms with van der Waals surface area (Å²) >= 11 is 5.56. The number of piperazine rings is 1. The third-order valence-electron chi connectivity index (χ3n) is 5.20. The summed E-state index contributed by atoms with van der Waals surface area (Å²) in [5, 5.41) is 0.685. The molecule has 0 spiro atoms. The monoisotopic (exact) mass is 506 g/mol. The second-order valence-electron chi connectivity index (χ2n) is 8.58. The number of nitrogens with two attached hydrogens (primary N) is 1. The minimum absolute atomic E-state index is 0.0431. The van der Waals surface area contributed by atoms with Gasteiger partial charge in [-0.25, -0.2) is 4.31 Å². The Balaban J connectivity index is 0.000000568. The first-order valence-electron chi connectivity index (χ1n) is 10.3. The minimum Gasteiger partial charge on any atom is -0.399 e. The molecule has 0 radical (unpaired) electrons. The van der Waals surface area contributed by atoms with Gasteiger partial charge in [0.25, 0.3) is 0 Å². The van der Waals surface area contributed by atoms with Crippen LogP contribution in [0.2, 0.25) is 5.02 Å². The molecule has 1 saturated heterocycles. The highest BCUT2D eigenvalue weighted by Crippen LogP contribution is 2.38. The van der Waals surface area contributed by atoms with Gasteiger partial charge >= 0.3 is 6.18 Å². The summed E-state index contributed by atoms with van der Waals surface area (Å²) in [7, 11) is -2.30. The highest BCUT2D eigenvalue weighted by Gasteiger charge is 2.43. The van der Waals surface area contributed by atoms with Crippen molar-refractivity contribution in [1.82, 2.24) is 9.21 Å². The number of anilines is 1. The summed E-state index contributed by atoms with van der Waals surface area (Å²) in [6.45, 7) is 12.1. The van der Waals surface area contributed by atoms with E-state index in [0.717, 1.165) is 0 Å². The molecule has 1 aliphatic heterocycles. The normalized spacial score (nSPS) is 18.0. The molecule has 0 saturated carbocycles. The smallest absolute Gasteiger partial charge is 0.399 e. The van der Waals surface area contributed by atoms with Gasteiger partial charge in [-0.05, 0) is 51.8 Å². The first-order valence-corrected chi connectivity index (χ1v) is 12.7. The van der Waals surface area contributed by atoms with Crippen molar-refractivity contribution in [2.24, 2.45) is 4.99 Å². The predicted octanol–water partition coefficient (Wildman–Crippen LogP) is 5.05. The summed E-state index contributed by atoms with van der Waals surface area (Å²) in [5.41, 5.74) is 4.99. The minimum atomic E-state index is -4.52. The molecule has 1 unspecified atom stereocenters. The molecule has 186 valence electrons. The Morgan fingerprint density at radius 1 is 1.21 bits per heavy atom. The number of benzene rings is 1. The lowest BCUT2D eigenvalue weighted by Crippen LogP contribution is -2.56. The number of nitrogens with zero attached hydrogens (tertiary/aromatic N) is 3. The van der Waals surface area contributed by atoms with Gasteiger partial charge in [0.2, 0.25) is 0 Å². The molecule has 10 heteroatoms. The molecule has 1 aliphatic rings. The molecule has 1 aromatic carbocycles. The van der Waals surface area contributed by atoms with E-state index >= 15 is 0 Å². The quantitative estimate of drug-likeness (QED) is 0.263. The fraction of sp³-hybridized carbons (Fsp3) is 0.478. The summed E-state index contributed by atoms with van der Waals surface area (Å²) in [6.07, 6.45) is -1.68. The van der Waals surface area contributed by atoms with E-state index in [1.807, 2.05) is 11.0 Å². The molecule has 1 aromatic rings. The van der Waals surface area contributed by atoms with Crippen LogP contribution in [0.5, 0.6) is 0 Å². The van der Waals surface area contributed by atoms with E-state index in [-0.39, 0.29) is 5.57 Å². The Morgan fingerprint density at radius 3 is 2.12 bits per heavy atom. The van der Waals surface area contributed by atoms with Crippen LogP contribution in [0.1, 0.15) is 27.7 Å². The van der Waals surface area contributed by atoms with Crippen molar-refractivity contribution in [3.63, 3.8) is 0 Å². The Kier molecular flexibility index (Phi) is 10.2. The van der Waals surface area contributed by atoms with Crippen molar-refractivity contribution in [1.29, 1.82) is 0 Å². The molecule has 1 atom stereocenters. The molecular weight excluding hydrogens is 473 g/mol. The largest absolute Gasteiger partial charge is 0.416 e. The molecular formula is C23H34ClF3N4OS. The Bertz CT molecular complexity index is 972. The van der Waals surface area contributed by atoms with Gasteiger partial charge in [0, 0.05) is 75.9 Å². The van der Waals surface area contributed by atoms with Crippen LogP contribution in [0.4, 0.5) is 18.9 Å². The van der Waals surface area contributed by atoms with Gasteiger partial charge < -0.3 is 5.73 Å². The molecule has 0 aromatic heterocycles. The summed E-state index contributed by atoms with van der Waals surface area (Å²) in [5.74, 6) is 3.67. The zero-order chi connectivity index (χ0) is 25.6. The van der Waals surface area contributed by atoms with E-state index < -0.39 is 27.0 Å². The van der Waals surface area contributed by atoms with Crippen molar-refractivity contribution in [3.8, 4) is 0 Å². The Labute approximate surface area is 200 Å². The van der Waals surface area contributed by atoms with Gasteiger partial charge in [0.05, 0.1) is 5.57 Å². The van der Waals surface area contributed by atoms with Gasteiger partial charge in [0.15, 0.2) is 0 Å². The van der Waals surface area contributed by atoms with Crippen LogP contribution in [-0.4, -0.2) is 69.1 Å². The summed E-state index contributed by atoms with van der Waals surface area (Å²) < 4.78 is 53.7. The van der Waals surface area contributed by atoms with Crippen LogP contribution in [0.25, 0.3) is 0 Å². The van der Waals surface area contributed by atoms with Gasteiger partial charge in [0.1, 0.15) is 0 Å². The maximum atomic E-state index is 13.3. The Morgan fingerprint density at radius 2 is 1.76 bits per heavy atom. The van der Waals surface area contributed by atoms with Crippen molar-refractivity contribution in [2.75, 3.05) is 38.2 Å². The van der Waals surface area contributed by atoms with Crippen LogP contribution in [0, 0.1) is 0 Å². The average molecular weight is 507 g/mol. The van der Waals surface area contributed by atoms with Crippen LogP contribution < -0.4 is 5.73 Å². The number of halogens is 4. The van der Waals surface area contributed by atoms with Gasteiger partial charge in [-0.2, -0.15) is 13.2 Å². The number of nitrogen functional groups attached to an aromatic ring is 1. The molecule has 2 N–H and O–H groups in total. The number of hydrogen-bond donors (Lipinski definition) is 1.